The summed E-state index contributed by atoms with van der Waals surface area (Å²) in [5, 5.41) is 3.15. The van der Waals surface area contributed by atoms with Crippen molar-refractivity contribution in [3.05, 3.63) is 71.3 Å². The third kappa shape index (κ3) is 6.66. The average molecular weight is 416 g/mol. The van der Waals surface area contributed by atoms with E-state index < -0.39 is 9.84 Å². The summed E-state index contributed by atoms with van der Waals surface area (Å²) >= 11 is 0. The van der Waals surface area contributed by atoms with Gasteiger partial charge in [-0.3, -0.25) is 9.69 Å². The Morgan fingerprint density at radius 2 is 1.72 bits per heavy atom. The van der Waals surface area contributed by atoms with Crippen molar-refractivity contribution < 1.29 is 13.2 Å². The summed E-state index contributed by atoms with van der Waals surface area (Å²) in [5.41, 5.74) is 2.16. The van der Waals surface area contributed by atoms with Gasteiger partial charge in [-0.1, -0.05) is 42.5 Å². The first-order chi connectivity index (χ1) is 13.8. The van der Waals surface area contributed by atoms with Crippen LogP contribution in [-0.4, -0.2) is 70.2 Å². The van der Waals surface area contributed by atoms with Crippen LogP contribution in [0.3, 0.4) is 0 Å². The van der Waals surface area contributed by atoms with Crippen LogP contribution in [0.2, 0.25) is 0 Å². The Labute approximate surface area is 173 Å². The smallest absolute Gasteiger partial charge is 0.251 e. The monoisotopic (exact) mass is 415 g/mol. The second-order valence-corrected chi connectivity index (χ2v) is 9.95. The quantitative estimate of drug-likeness (QED) is 0.749. The molecule has 6 nitrogen and oxygen atoms in total. The third-order valence-electron chi connectivity index (χ3n) is 5.16. The molecule has 0 aromatic heterocycles. The minimum Gasteiger partial charge on any atom is -0.344 e. The van der Waals surface area contributed by atoms with Gasteiger partial charge in [0.1, 0.15) is 0 Å². The molecule has 0 spiro atoms. The second-order valence-electron chi connectivity index (χ2n) is 7.81. The van der Waals surface area contributed by atoms with Crippen LogP contribution in [-0.2, 0) is 15.6 Å². The lowest BCUT2D eigenvalue weighted by atomic mass is 10.0. The molecule has 1 atom stereocenters. The van der Waals surface area contributed by atoms with E-state index in [1.807, 2.05) is 30.3 Å². The van der Waals surface area contributed by atoms with Gasteiger partial charge >= 0.3 is 0 Å². The van der Waals surface area contributed by atoms with Crippen LogP contribution in [0, 0.1) is 0 Å². The zero-order chi connectivity index (χ0) is 20.9. The lowest BCUT2D eigenvalue weighted by Crippen LogP contribution is -2.47. The second kappa shape index (κ2) is 9.52. The van der Waals surface area contributed by atoms with Crippen molar-refractivity contribution in [2.75, 3.05) is 46.0 Å². The number of sulfone groups is 1. The highest BCUT2D eigenvalue weighted by molar-refractivity contribution is 7.89. The molecule has 0 bridgehead atoms. The lowest BCUT2D eigenvalue weighted by Gasteiger charge is -2.35. The number of likely N-dealkylation sites (N-methyl/N-ethyl adjacent to an activating group) is 1. The van der Waals surface area contributed by atoms with E-state index in [9.17, 15) is 13.2 Å². The predicted octanol–water partition coefficient (Wildman–Crippen LogP) is 1.95. The Kier molecular flexibility index (Phi) is 7.05. The molecule has 0 radical (unpaired) electrons. The van der Waals surface area contributed by atoms with E-state index in [-0.39, 0.29) is 17.7 Å². The van der Waals surface area contributed by atoms with Crippen LogP contribution in [0.1, 0.15) is 27.5 Å². The summed E-state index contributed by atoms with van der Waals surface area (Å²) in [6.07, 6.45) is 1.20. The first-order valence-electron chi connectivity index (χ1n) is 9.83. The van der Waals surface area contributed by atoms with E-state index in [1.54, 1.807) is 24.3 Å². The maximum absolute atomic E-state index is 13.0. The molecule has 0 saturated carbocycles. The number of amides is 1. The van der Waals surface area contributed by atoms with Gasteiger partial charge in [0.05, 0.1) is 11.8 Å². The first-order valence-corrected chi connectivity index (χ1v) is 11.9. The van der Waals surface area contributed by atoms with Crippen molar-refractivity contribution in [1.82, 2.24) is 15.1 Å². The highest BCUT2D eigenvalue weighted by atomic mass is 32.2. The highest BCUT2D eigenvalue weighted by Crippen LogP contribution is 2.17. The SMILES string of the molecule is CN1CCN(CC(NC(=O)c2cccc(CS(C)(=O)=O)c2)c2ccccc2)CC1. The first kappa shape index (κ1) is 21.5. The average Bonchev–Trinajstić information content (AvgIpc) is 2.68. The minimum atomic E-state index is -3.15. The van der Waals surface area contributed by atoms with Crippen LogP contribution in [0.25, 0.3) is 0 Å². The van der Waals surface area contributed by atoms with Crippen molar-refractivity contribution in [3.63, 3.8) is 0 Å². The number of carbonyl (C=O) groups excluding carboxylic acids is 1. The summed E-state index contributed by atoms with van der Waals surface area (Å²) in [4.78, 5) is 17.6. The number of nitrogens with zero attached hydrogens (tertiary/aromatic N) is 2. The maximum Gasteiger partial charge on any atom is 0.251 e. The van der Waals surface area contributed by atoms with Gasteiger partial charge < -0.3 is 10.2 Å². The Bertz CT molecular complexity index is 923. The normalized spacial score (nSPS) is 17.0. The van der Waals surface area contributed by atoms with Crippen molar-refractivity contribution >= 4 is 15.7 Å². The van der Waals surface area contributed by atoms with Crippen LogP contribution in [0.4, 0.5) is 0 Å². The zero-order valence-electron chi connectivity index (χ0n) is 17.0. The number of piperazine rings is 1. The Balaban J connectivity index is 1.75. The molecule has 1 saturated heterocycles. The van der Waals surface area contributed by atoms with Gasteiger partial charge in [0, 0.05) is 44.5 Å². The van der Waals surface area contributed by atoms with Crippen LogP contribution >= 0.6 is 0 Å². The molecular formula is C22H29N3O3S. The number of carbonyl (C=O) groups is 1. The molecule has 1 fully saturated rings. The predicted molar refractivity (Wildman–Crippen MR) is 116 cm³/mol. The third-order valence-corrected chi connectivity index (χ3v) is 6.02. The van der Waals surface area contributed by atoms with Crippen molar-refractivity contribution in [3.8, 4) is 0 Å². The van der Waals surface area contributed by atoms with E-state index in [1.165, 1.54) is 6.26 Å². The molecule has 1 N–H and O–H groups in total. The molecule has 2 aromatic rings. The fourth-order valence-corrected chi connectivity index (χ4v) is 4.34. The van der Waals surface area contributed by atoms with Gasteiger partial charge in [-0.2, -0.15) is 0 Å². The summed E-state index contributed by atoms with van der Waals surface area (Å²) in [6.45, 7) is 4.72. The minimum absolute atomic E-state index is 0.0719. The van der Waals surface area contributed by atoms with E-state index in [2.05, 4.69) is 22.2 Å². The van der Waals surface area contributed by atoms with Crippen LogP contribution in [0.5, 0.6) is 0 Å². The van der Waals surface area contributed by atoms with Crippen molar-refractivity contribution in [1.29, 1.82) is 0 Å². The maximum atomic E-state index is 13.0. The Morgan fingerprint density at radius 3 is 2.38 bits per heavy atom. The molecule has 1 aliphatic rings. The van der Waals surface area contributed by atoms with Gasteiger partial charge in [-0.15, -0.1) is 0 Å². The summed E-state index contributed by atoms with van der Waals surface area (Å²) < 4.78 is 23.2. The zero-order valence-corrected chi connectivity index (χ0v) is 17.9. The lowest BCUT2D eigenvalue weighted by molar-refractivity contribution is 0.0907. The summed E-state index contributed by atoms with van der Waals surface area (Å²) in [5.74, 6) is -0.263. The summed E-state index contributed by atoms with van der Waals surface area (Å²) in [6, 6.07) is 16.7. The fourth-order valence-electron chi connectivity index (χ4n) is 3.56. The molecule has 2 aromatic carbocycles. The number of hydrogen-bond donors (Lipinski definition) is 1. The van der Waals surface area contributed by atoms with Crippen molar-refractivity contribution in [2.24, 2.45) is 0 Å². The van der Waals surface area contributed by atoms with Gasteiger partial charge in [-0.25, -0.2) is 8.42 Å². The number of benzene rings is 2. The van der Waals surface area contributed by atoms with Gasteiger partial charge in [0.15, 0.2) is 9.84 Å². The molecule has 1 aliphatic heterocycles. The molecule has 1 unspecified atom stereocenters. The largest absolute Gasteiger partial charge is 0.344 e. The van der Waals surface area contributed by atoms with Crippen molar-refractivity contribution in [2.45, 2.75) is 11.8 Å². The van der Waals surface area contributed by atoms with E-state index in [0.717, 1.165) is 38.3 Å². The number of rotatable bonds is 7. The van der Waals surface area contributed by atoms with E-state index in [0.29, 0.717) is 11.1 Å². The summed E-state index contributed by atoms with van der Waals surface area (Å²) in [7, 11) is -1.03. The molecule has 29 heavy (non-hydrogen) atoms. The molecule has 1 amide bonds. The van der Waals surface area contributed by atoms with Gasteiger partial charge in [-0.05, 0) is 30.3 Å². The topological polar surface area (TPSA) is 69.7 Å². The van der Waals surface area contributed by atoms with E-state index >= 15 is 0 Å². The molecule has 0 aliphatic carbocycles. The number of hydrogen-bond acceptors (Lipinski definition) is 5. The molecule has 156 valence electrons. The van der Waals surface area contributed by atoms with Gasteiger partial charge in [0.25, 0.3) is 5.91 Å². The molecule has 3 rings (SSSR count). The highest BCUT2D eigenvalue weighted by Gasteiger charge is 2.22. The molecule has 1 heterocycles. The molecule has 7 heteroatoms. The number of nitrogens with one attached hydrogen (secondary N) is 1. The van der Waals surface area contributed by atoms with E-state index in [4.69, 9.17) is 0 Å². The standard InChI is InChI=1S/C22H29N3O3S/c1-24-11-13-25(14-12-24)16-21(19-8-4-3-5-9-19)23-22(26)20-10-6-7-18(15-20)17-29(2,27)28/h3-10,15,21H,11-14,16-17H2,1-2H3,(H,23,26). The fraction of sp³-hybridized carbons (Fsp3) is 0.409. The molecular weight excluding hydrogens is 386 g/mol. The Hall–Kier alpha value is -2.22. The van der Waals surface area contributed by atoms with Crippen LogP contribution in [0.15, 0.2) is 54.6 Å². The van der Waals surface area contributed by atoms with Crippen LogP contribution < -0.4 is 5.32 Å². The van der Waals surface area contributed by atoms with Gasteiger partial charge in [0.2, 0.25) is 0 Å². The Morgan fingerprint density at radius 1 is 1.03 bits per heavy atom.